The molecule has 2 aromatic rings. The molecule has 134 valence electrons. The number of nitrogens with one attached hydrogen (secondary N) is 1. The molecule has 2 rings (SSSR count). The van der Waals surface area contributed by atoms with Crippen molar-refractivity contribution in [3.05, 3.63) is 58.5 Å². The summed E-state index contributed by atoms with van der Waals surface area (Å²) in [6.07, 6.45) is 2.27. The van der Waals surface area contributed by atoms with E-state index in [1.807, 2.05) is 32.0 Å². The van der Waals surface area contributed by atoms with Crippen molar-refractivity contribution < 1.29 is 14.3 Å². The molecule has 0 aliphatic rings. The molecular weight excluding hydrogens is 320 g/mol. The molecule has 6 heteroatoms. The van der Waals surface area contributed by atoms with Gasteiger partial charge in [0.25, 0.3) is 5.56 Å². The van der Waals surface area contributed by atoms with Crippen LogP contribution in [0, 0.1) is 0 Å². The molecule has 0 bridgehead atoms. The maximum atomic E-state index is 11.9. The molecule has 1 heterocycles. The van der Waals surface area contributed by atoms with Gasteiger partial charge in [-0.25, -0.2) is 0 Å². The Hall–Kier alpha value is -2.76. The van der Waals surface area contributed by atoms with E-state index >= 15 is 0 Å². The Labute approximate surface area is 147 Å². The summed E-state index contributed by atoms with van der Waals surface area (Å²) in [5, 5.41) is 2.83. The molecule has 0 radical (unpaired) electrons. The van der Waals surface area contributed by atoms with Crippen LogP contribution in [0.5, 0.6) is 11.5 Å². The van der Waals surface area contributed by atoms with Crippen LogP contribution in [0.3, 0.4) is 0 Å². The van der Waals surface area contributed by atoms with Crippen LogP contribution in [0.25, 0.3) is 0 Å². The van der Waals surface area contributed by atoms with Crippen LogP contribution >= 0.6 is 0 Å². The Kier molecular flexibility index (Phi) is 7.07. The predicted octanol–water partition coefficient (Wildman–Crippen LogP) is 2.00. The highest BCUT2D eigenvalue weighted by atomic mass is 16.5. The summed E-state index contributed by atoms with van der Waals surface area (Å²) in [7, 11) is 0. The molecule has 1 aromatic carbocycles. The van der Waals surface area contributed by atoms with Crippen molar-refractivity contribution in [1.82, 2.24) is 9.88 Å². The second-order valence-electron chi connectivity index (χ2n) is 5.41. The van der Waals surface area contributed by atoms with E-state index in [0.29, 0.717) is 31.9 Å². The second kappa shape index (κ2) is 9.52. The first-order chi connectivity index (χ1) is 12.1. The van der Waals surface area contributed by atoms with Crippen molar-refractivity contribution in [1.29, 1.82) is 0 Å². The van der Waals surface area contributed by atoms with Gasteiger partial charge in [-0.3, -0.25) is 9.59 Å². The number of aromatic nitrogens is 1. The topological polar surface area (TPSA) is 69.6 Å². The number of ether oxygens (including phenoxy) is 2. The van der Waals surface area contributed by atoms with Crippen LogP contribution in [0.4, 0.5) is 0 Å². The van der Waals surface area contributed by atoms with Gasteiger partial charge >= 0.3 is 0 Å². The SMILES string of the molecule is CCOc1ccc(CCNC(=O)Cn2ccccc2=O)cc1OCC. The van der Waals surface area contributed by atoms with Crippen molar-refractivity contribution in [2.75, 3.05) is 19.8 Å². The average molecular weight is 344 g/mol. The largest absolute Gasteiger partial charge is 0.490 e. The highest BCUT2D eigenvalue weighted by molar-refractivity contribution is 5.75. The van der Waals surface area contributed by atoms with Gasteiger partial charge in [0.05, 0.1) is 13.2 Å². The third kappa shape index (κ3) is 5.67. The van der Waals surface area contributed by atoms with Gasteiger partial charge in [0.15, 0.2) is 11.5 Å². The molecule has 0 atom stereocenters. The fourth-order valence-electron chi connectivity index (χ4n) is 2.40. The fourth-order valence-corrected chi connectivity index (χ4v) is 2.40. The number of hydrogen-bond acceptors (Lipinski definition) is 4. The van der Waals surface area contributed by atoms with Gasteiger partial charge in [-0.1, -0.05) is 12.1 Å². The van der Waals surface area contributed by atoms with Crippen molar-refractivity contribution >= 4 is 5.91 Å². The van der Waals surface area contributed by atoms with E-state index in [-0.39, 0.29) is 18.0 Å². The van der Waals surface area contributed by atoms with E-state index in [1.54, 1.807) is 18.3 Å². The van der Waals surface area contributed by atoms with Crippen LogP contribution < -0.4 is 20.3 Å². The first kappa shape index (κ1) is 18.6. The molecule has 0 fully saturated rings. The number of carbonyl (C=O) groups is 1. The average Bonchev–Trinajstić information content (AvgIpc) is 2.59. The summed E-state index contributed by atoms with van der Waals surface area (Å²) >= 11 is 0. The monoisotopic (exact) mass is 344 g/mol. The van der Waals surface area contributed by atoms with Crippen molar-refractivity contribution in [3.63, 3.8) is 0 Å². The quantitative estimate of drug-likeness (QED) is 0.755. The van der Waals surface area contributed by atoms with Crippen LogP contribution in [-0.4, -0.2) is 30.2 Å². The minimum Gasteiger partial charge on any atom is -0.490 e. The number of nitrogens with zero attached hydrogens (tertiary/aromatic N) is 1. The molecule has 1 amide bonds. The summed E-state index contributed by atoms with van der Waals surface area (Å²) in [6, 6.07) is 10.6. The number of benzene rings is 1. The Morgan fingerprint density at radius 1 is 1.08 bits per heavy atom. The van der Waals surface area contributed by atoms with Gasteiger partial charge in [-0.15, -0.1) is 0 Å². The molecule has 0 saturated heterocycles. The molecule has 0 spiro atoms. The first-order valence-corrected chi connectivity index (χ1v) is 8.44. The van der Waals surface area contributed by atoms with Gasteiger partial charge in [0, 0.05) is 18.8 Å². The summed E-state index contributed by atoms with van der Waals surface area (Å²) in [6.45, 7) is 5.50. The third-order valence-corrected chi connectivity index (χ3v) is 3.56. The highest BCUT2D eigenvalue weighted by Gasteiger charge is 2.07. The highest BCUT2D eigenvalue weighted by Crippen LogP contribution is 2.28. The lowest BCUT2D eigenvalue weighted by atomic mass is 10.1. The number of rotatable bonds is 9. The minimum atomic E-state index is -0.190. The molecule has 0 saturated carbocycles. The van der Waals surface area contributed by atoms with Crippen LogP contribution in [0.1, 0.15) is 19.4 Å². The van der Waals surface area contributed by atoms with Crippen LogP contribution in [-0.2, 0) is 17.8 Å². The molecule has 1 N–H and O–H groups in total. The minimum absolute atomic E-state index is 0.0210. The Morgan fingerprint density at radius 2 is 1.84 bits per heavy atom. The van der Waals surface area contributed by atoms with E-state index in [0.717, 1.165) is 11.3 Å². The molecule has 1 aromatic heterocycles. The summed E-state index contributed by atoms with van der Waals surface area (Å²) in [4.78, 5) is 23.5. The summed E-state index contributed by atoms with van der Waals surface area (Å²) < 4.78 is 12.5. The molecule has 0 aliphatic carbocycles. The van der Waals surface area contributed by atoms with Gasteiger partial charge in [0.1, 0.15) is 6.54 Å². The second-order valence-corrected chi connectivity index (χ2v) is 5.41. The molecule has 6 nitrogen and oxygen atoms in total. The Bertz CT molecular complexity index is 755. The van der Waals surface area contributed by atoms with Gasteiger partial charge < -0.3 is 19.4 Å². The maximum absolute atomic E-state index is 11.9. The lowest BCUT2D eigenvalue weighted by molar-refractivity contribution is -0.121. The lowest BCUT2D eigenvalue weighted by Crippen LogP contribution is -2.32. The van der Waals surface area contributed by atoms with E-state index in [2.05, 4.69) is 5.32 Å². The maximum Gasteiger partial charge on any atom is 0.250 e. The normalized spacial score (nSPS) is 10.3. The first-order valence-electron chi connectivity index (χ1n) is 8.44. The van der Waals surface area contributed by atoms with Crippen molar-refractivity contribution in [2.45, 2.75) is 26.8 Å². The summed E-state index contributed by atoms with van der Waals surface area (Å²) in [5.74, 6) is 1.24. The number of carbonyl (C=O) groups excluding carboxylic acids is 1. The van der Waals surface area contributed by atoms with Gasteiger partial charge in [-0.05, 0) is 44.0 Å². The molecule has 0 unspecified atom stereocenters. The number of amides is 1. The zero-order valence-electron chi connectivity index (χ0n) is 14.7. The van der Waals surface area contributed by atoms with Crippen molar-refractivity contribution in [3.8, 4) is 11.5 Å². The van der Waals surface area contributed by atoms with Crippen molar-refractivity contribution in [2.24, 2.45) is 0 Å². The van der Waals surface area contributed by atoms with Crippen LogP contribution in [0.2, 0.25) is 0 Å². The van der Waals surface area contributed by atoms with Gasteiger partial charge in [-0.2, -0.15) is 0 Å². The zero-order valence-corrected chi connectivity index (χ0v) is 14.7. The van der Waals surface area contributed by atoms with E-state index in [4.69, 9.17) is 9.47 Å². The van der Waals surface area contributed by atoms with E-state index in [9.17, 15) is 9.59 Å². The zero-order chi connectivity index (χ0) is 18.1. The Morgan fingerprint density at radius 3 is 2.56 bits per heavy atom. The summed E-state index contributed by atoms with van der Waals surface area (Å²) in [5.41, 5.74) is 0.856. The molecular formula is C19H24N2O4. The predicted molar refractivity (Wildman–Crippen MR) is 96.2 cm³/mol. The molecule has 25 heavy (non-hydrogen) atoms. The third-order valence-electron chi connectivity index (χ3n) is 3.56. The van der Waals surface area contributed by atoms with Gasteiger partial charge in [0.2, 0.25) is 5.91 Å². The standard InChI is InChI=1S/C19H24N2O4/c1-3-24-16-9-8-15(13-17(16)25-4-2)10-11-20-18(22)14-21-12-6-5-7-19(21)23/h5-9,12-13H,3-4,10-11,14H2,1-2H3,(H,20,22). The van der Waals surface area contributed by atoms with Crippen LogP contribution in [0.15, 0.2) is 47.4 Å². The van der Waals surface area contributed by atoms with E-state index in [1.165, 1.54) is 10.6 Å². The number of pyridine rings is 1. The molecule has 0 aliphatic heterocycles. The Balaban J connectivity index is 1.88. The smallest absolute Gasteiger partial charge is 0.250 e. The number of hydrogen-bond donors (Lipinski definition) is 1. The lowest BCUT2D eigenvalue weighted by Gasteiger charge is -2.13. The fraction of sp³-hybridized carbons (Fsp3) is 0.368. The van der Waals surface area contributed by atoms with E-state index < -0.39 is 0 Å².